The fraction of sp³-hybridized carbons (Fsp3) is 0.462. The van der Waals surface area contributed by atoms with Gasteiger partial charge in [0.25, 0.3) is 0 Å². The van der Waals surface area contributed by atoms with Gasteiger partial charge in [-0.05, 0) is 55.2 Å². The average molecular weight is 617 g/mol. The molecule has 0 radical (unpaired) electrons. The average Bonchev–Trinajstić information content (AvgIpc) is 2.82. The Morgan fingerprint density at radius 3 is 2.41 bits per heavy atom. The van der Waals surface area contributed by atoms with Crippen molar-refractivity contribution < 1.29 is 22.7 Å². The maximum Gasteiger partial charge on any atom is 0.242 e. The van der Waals surface area contributed by atoms with Crippen LogP contribution in [0, 0.1) is 5.92 Å². The fourth-order valence-corrected chi connectivity index (χ4v) is 5.34. The highest BCUT2D eigenvalue weighted by Crippen LogP contribution is 2.30. The van der Waals surface area contributed by atoms with Crippen LogP contribution in [0.15, 0.2) is 46.9 Å². The van der Waals surface area contributed by atoms with Gasteiger partial charge < -0.3 is 15.0 Å². The summed E-state index contributed by atoms with van der Waals surface area (Å²) in [4.78, 5) is 27.7. The molecule has 1 atom stereocenters. The number of methoxy groups -OCH3 is 1. The van der Waals surface area contributed by atoms with Gasteiger partial charge in [-0.15, -0.1) is 0 Å². The van der Waals surface area contributed by atoms with E-state index >= 15 is 0 Å². The molecule has 0 aliphatic rings. The number of benzene rings is 2. The number of ether oxygens (including phenoxy) is 1. The highest BCUT2D eigenvalue weighted by Gasteiger charge is 2.27. The van der Waals surface area contributed by atoms with Gasteiger partial charge in [0.2, 0.25) is 21.8 Å². The van der Waals surface area contributed by atoms with E-state index in [4.69, 9.17) is 16.3 Å². The molecule has 0 aromatic heterocycles. The second-order valence-corrected chi connectivity index (χ2v) is 12.5. The minimum absolute atomic E-state index is 0.0612. The molecule has 2 rings (SSSR count). The smallest absolute Gasteiger partial charge is 0.242 e. The number of nitrogens with zero attached hydrogens (tertiary/aromatic N) is 2. The van der Waals surface area contributed by atoms with Crippen LogP contribution in [0.3, 0.4) is 0 Å². The maximum absolute atomic E-state index is 13.4. The largest absolute Gasteiger partial charge is 0.495 e. The van der Waals surface area contributed by atoms with Crippen LogP contribution >= 0.6 is 27.5 Å². The van der Waals surface area contributed by atoms with E-state index in [0.717, 1.165) is 16.3 Å². The van der Waals surface area contributed by atoms with Crippen LogP contribution in [0.25, 0.3) is 0 Å². The predicted octanol–water partition coefficient (Wildman–Crippen LogP) is 4.85. The predicted molar refractivity (Wildman–Crippen MR) is 151 cm³/mol. The van der Waals surface area contributed by atoms with E-state index < -0.39 is 16.1 Å². The summed E-state index contributed by atoms with van der Waals surface area (Å²) in [5.41, 5.74) is 1.25. The van der Waals surface area contributed by atoms with E-state index in [1.807, 2.05) is 38.1 Å². The first-order valence-corrected chi connectivity index (χ1v) is 15.0. The molecule has 0 saturated carbocycles. The molecule has 0 fully saturated rings. The normalized spacial score (nSPS) is 12.2. The van der Waals surface area contributed by atoms with E-state index in [-0.39, 0.29) is 48.7 Å². The summed E-state index contributed by atoms with van der Waals surface area (Å²) in [6, 6.07) is 11.6. The van der Waals surface area contributed by atoms with E-state index in [1.165, 1.54) is 22.4 Å². The molecule has 0 bridgehead atoms. The third kappa shape index (κ3) is 9.50. The lowest BCUT2D eigenvalue weighted by Gasteiger charge is -2.29. The first-order valence-electron chi connectivity index (χ1n) is 12.0. The van der Waals surface area contributed by atoms with Gasteiger partial charge >= 0.3 is 0 Å². The zero-order chi connectivity index (χ0) is 27.8. The molecular formula is C26H35BrClN3O5S. The molecule has 2 aromatic rings. The summed E-state index contributed by atoms with van der Waals surface area (Å²) in [5.74, 6) is 0.233. The molecule has 204 valence electrons. The zero-order valence-electron chi connectivity index (χ0n) is 21.8. The molecule has 1 N–H and O–H groups in total. The van der Waals surface area contributed by atoms with Gasteiger partial charge in [-0.2, -0.15) is 0 Å². The first-order chi connectivity index (χ1) is 17.3. The number of carbonyl (C=O) groups excluding carboxylic acids is 2. The highest BCUT2D eigenvalue weighted by atomic mass is 79.9. The number of amides is 2. The Hall–Kier alpha value is -2.30. The van der Waals surface area contributed by atoms with Gasteiger partial charge in [0, 0.05) is 30.5 Å². The van der Waals surface area contributed by atoms with Gasteiger partial charge in [-0.3, -0.25) is 13.9 Å². The zero-order valence-corrected chi connectivity index (χ0v) is 25.0. The standard InChI is InChI=1S/C26H35BrClN3O5S/c1-18(2)16-29-26(33)19(3)30(17-20-8-6-9-21(27)14-20)25(32)10-7-13-31(37(5,34)35)22-11-12-24(36-4)23(28)15-22/h6,8-9,11-12,14-15,18-19H,7,10,13,16-17H2,1-5H3,(H,29,33)/t19-/m1/s1. The molecule has 0 saturated heterocycles. The van der Waals surface area contributed by atoms with Crippen molar-refractivity contribution >= 4 is 55.1 Å². The summed E-state index contributed by atoms with van der Waals surface area (Å²) in [7, 11) is -2.15. The molecule has 11 heteroatoms. The molecule has 2 amide bonds. The Morgan fingerprint density at radius 2 is 1.84 bits per heavy atom. The van der Waals surface area contributed by atoms with Crippen molar-refractivity contribution in [1.82, 2.24) is 10.2 Å². The van der Waals surface area contributed by atoms with Crippen molar-refractivity contribution in [2.45, 2.75) is 46.2 Å². The fourth-order valence-electron chi connectivity index (χ4n) is 3.68. The number of rotatable bonds is 13. The summed E-state index contributed by atoms with van der Waals surface area (Å²) in [6.45, 7) is 6.53. The third-order valence-corrected chi connectivity index (χ3v) is 7.65. The second kappa shape index (κ2) is 14.0. The highest BCUT2D eigenvalue weighted by molar-refractivity contribution is 9.10. The number of hydrogen-bond donors (Lipinski definition) is 1. The van der Waals surface area contributed by atoms with Crippen molar-refractivity contribution in [3.05, 3.63) is 57.5 Å². The van der Waals surface area contributed by atoms with Crippen molar-refractivity contribution in [3.8, 4) is 5.75 Å². The third-order valence-electron chi connectivity index (χ3n) is 5.67. The Labute approximate surface area is 233 Å². The molecule has 37 heavy (non-hydrogen) atoms. The van der Waals surface area contributed by atoms with Crippen LogP contribution in [0.1, 0.15) is 39.2 Å². The van der Waals surface area contributed by atoms with Crippen LogP contribution in [-0.4, -0.2) is 57.6 Å². The van der Waals surface area contributed by atoms with E-state index in [1.54, 1.807) is 19.1 Å². The number of carbonyl (C=O) groups is 2. The molecule has 0 spiro atoms. The summed E-state index contributed by atoms with van der Waals surface area (Å²) < 4.78 is 32.2. The number of hydrogen-bond acceptors (Lipinski definition) is 5. The second-order valence-electron chi connectivity index (χ2n) is 9.22. The quantitative estimate of drug-likeness (QED) is 0.347. The lowest BCUT2D eigenvalue weighted by Crippen LogP contribution is -2.48. The van der Waals surface area contributed by atoms with Crippen molar-refractivity contribution in [1.29, 1.82) is 0 Å². The van der Waals surface area contributed by atoms with E-state index in [2.05, 4.69) is 21.2 Å². The minimum Gasteiger partial charge on any atom is -0.495 e. The van der Waals surface area contributed by atoms with Gasteiger partial charge in [-0.1, -0.05) is 53.5 Å². The van der Waals surface area contributed by atoms with Crippen LogP contribution in [0.5, 0.6) is 5.75 Å². The number of sulfonamides is 1. The summed E-state index contributed by atoms with van der Waals surface area (Å²) in [6.07, 6.45) is 1.42. The number of nitrogens with one attached hydrogen (secondary N) is 1. The van der Waals surface area contributed by atoms with Crippen molar-refractivity contribution in [2.24, 2.45) is 5.92 Å². The summed E-state index contributed by atoms with van der Waals surface area (Å²) >= 11 is 9.65. The van der Waals surface area contributed by atoms with Crippen LogP contribution in [-0.2, 0) is 26.2 Å². The van der Waals surface area contributed by atoms with Gasteiger partial charge in [-0.25, -0.2) is 8.42 Å². The van der Waals surface area contributed by atoms with Crippen LogP contribution < -0.4 is 14.4 Å². The Bertz CT molecular complexity index is 1190. The monoisotopic (exact) mass is 615 g/mol. The molecule has 0 aliphatic heterocycles. The molecule has 2 aromatic carbocycles. The Morgan fingerprint density at radius 1 is 1.14 bits per heavy atom. The van der Waals surface area contributed by atoms with Gasteiger partial charge in [0.1, 0.15) is 11.8 Å². The van der Waals surface area contributed by atoms with Crippen LogP contribution in [0.2, 0.25) is 5.02 Å². The van der Waals surface area contributed by atoms with Crippen molar-refractivity contribution in [2.75, 3.05) is 30.8 Å². The lowest BCUT2D eigenvalue weighted by molar-refractivity contribution is -0.140. The van der Waals surface area contributed by atoms with E-state index in [9.17, 15) is 18.0 Å². The SMILES string of the molecule is COc1ccc(N(CCCC(=O)N(Cc2cccc(Br)c2)[C@H](C)C(=O)NCC(C)C)S(C)(=O)=O)cc1Cl. The number of anilines is 1. The van der Waals surface area contributed by atoms with Crippen molar-refractivity contribution in [3.63, 3.8) is 0 Å². The summed E-state index contributed by atoms with van der Waals surface area (Å²) in [5, 5.41) is 3.18. The van der Waals surface area contributed by atoms with E-state index in [0.29, 0.717) is 18.0 Å². The lowest BCUT2D eigenvalue weighted by atomic mass is 10.1. The molecule has 0 heterocycles. The number of halogens is 2. The molecular weight excluding hydrogens is 582 g/mol. The Balaban J connectivity index is 2.18. The molecule has 0 aliphatic carbocycles. The first kappa shape index (κ1) is 30.9. The van der Waals surface area contributed by atoms with Crippen LogP contribution in [0.4, 0.5) is 5.69 Å². The molecule has 0 unspecified atom stereocenters. The minimum atomic E-state index is -3.63. The maximum atomic E-state index is 13.4. The van der Waals surface area contributed by atoms with Gasteiger partial charge in [0.05, 0.1) is 24.1 Å². The molecule has 8 nitrogen and oxygen atoms in total. The topological polar surface area (TPSA) is 96.0 Å². The van der Waals surface area contributed by atoms with Gasteiger partial charge in [0.15, 0.2) is 0 Å². The Kier molecular flexibility index (Phi) is 11.7.